The molecule has 1 heterocycles. The molecule has 0 saturated carbocycles. The van der Waals surface area contributed by atoms with Crippen LogP contribution >= 0.6 is 11.6 Å². The number of halogens is 1. The van der Waals surface area contributed by atoms with Gasteiger partial charge in [0.1, 0.15) is 0 Å². The van der Waals surface area contributed by atoms with Crippen molar-refractivity contribution in [2.24, 2.45) is 0 Å². The zero-order valence-corrected chi connectivity index (χ0v) is 13.1. The molecule has 3 nitrogen and oxygen atoms in total. The molecule has 112 valence electrons. The number of piperazine rings is 1. The van der Waals surface area contributed by atoms with Crippen LogP contribution in [-0.2, 0) is 6.54 Å². The Bertz CT molecular complexity index is 670. The third-order valence-corrected chi connectivity index (χ3v) is 4.42. The topological polar surface area (TPSA) is 30.3 Å². The van der Waals surface area contributed by atoms with Crippen molar-refractivity contribution in [1.82, 2.24) is 4.90 Å². The second kappa shape index (κ2) is 6.83. The molecule has 3 rings (SSSR count). The van der Waals surface area contributed by atoms with Crippen LogP contribution in [0.15, 0.2) is 48.5 Å². The minimum Gasteiger partial charge on any atom is -0.369 e. The van der Waals surface area contributed by atoms with E-state index in [1.54, 1.807) is 6.07 Å². The molecular formula is C18H18ClN3. The fraction of sp³-hybridized carbons (Fsp3) is 0.278. The zero-order chi connectivity index (χ0) is 15.4. The maximum absolute atomic E-state index is 8.89. The number of anilines is 1. The first-order valence-corrected chi connectivity index (χ1v) is 7.85. The molecule has 2 aromatic carbocycles. The van der Waals surface area contributed by atoms with Crippen molar-refractivity contribution in [2.75, 3.05) is 31.1 Å². The molecule has 2 aromatic rings. The molecule has 0 aliphatic carbocycles. The summed E-state index contributed by atoms with van der Waals surface area (Å²) in [6, 6.07) is 18.2. The lowest BCUT2D eigenvalue weighted by Gasteiger charge is -2.36. The van der Waals surface area contributed by atoms with Gasteiger partial charge in [-0.2, -0.15) is 5.26 Å². The Hall–Kier alpha value is -2.02. The van der Waals surface area contributed by atoms with Gasteiger partial charge in [0.25, 0.3) is 0 Å². The van der Waals surface area contributed by atoms with Gasteiger partial charge in [0.15, 0.2) is 0 Å². The monoisotopic (exact) mass is 311 g/mol. The quantitative estimate of drug-likeness (QED) is 0.868. The molecule has 1 aliphatic heterocycles. The first-order chi connectivity index (χ1) is 10.8. The Labute approximate surface area is 136 Å². The Balaban J connectivity index is 1.59. The maximum atomic E-state index is 8.89. The van der Waals surface area contributed by atoms with Crippen LogP contribution in [0.1, 0.15) is 11.1 Å². The standard InChI is InChI=1S/C18H18ClN3/c19-18-12-15(13-20)6-7-16(18)14-21-8-10-22(11-9-21)17-4-2-1-3-5-17/h1-7,12H,8-11,14H2. The first-order valence-electron chi connectivity index (χ1n) is 7.47. The van der Waals surface area contributed by atoms with Gasteiger partial charge in [-0.1, -0.05) is 35.9 Å². The number of para-hydroxylation sites is 1. The molecule has 0 amide bonds. The van der Waals surface area contributed by atoms with Crippen molar-refractivity contribution in [3.05, 3.63) is 64.7 Å². The van der Waals surface area contributed by atoms with Crippen molar-refractivity contribution < 1.29 is 0 Å². The molecule has 0 bridgehead atoms. The summed E-state index contributed by atoms with van der Waals surface area (Å²) >= 11 is 6.26. The summed E-state index contributed by atoms with van der Waals surface area (Å²) in [7, 11) is 0. The van der Waals surface area contributed by atoms with Crippen molar-refractivity contribution >= 4 is 17.3 Å². The van der Waals surface area contributed by atoms with E-state index in [2.05, 4.69) is 40.1 Å². The van der Waals surface area contributed by atoms with E-state index in [0.29, 0.717) is 10.6 Å². The van der Waals surface area contributed by atoms with Crippen LogP contribution in [-0.4, -0.2) is 31.1 Å². The van der Waals surface area contributed by atoms with Crippen molar-refractivity contribution in [2.45, 2.75) is 6.54 Å². The summed E-state index contributed by atoms with van der Waals surface area (Å²) in [5.74, 6) is 0. The molecule has 0 N–H and O–H groups in total. The van der Waals surface area contributed by atoms with E-state index < -0.39 is 0 Å². The summed E-state index contributed by atoms with van der Waals surface area (Å²) in [4.78, 5) is 4.82. The molecule has 1 fully saturated rings. The van der Waals surface area contributed by atoms with E-state index in [-0.39, 0.29) is 0 Å². The lowest BCUT2D eigenvalue weighted by Crippen LogP contribution is -2.45. The van der Waals surface area contributed by atoms with E-state index >= 15 is 0 Å². The number of hydrogen-bond donors (Lipinski definition) is 0. The Morgan fingerprint density at radius 2 is 1.73 bits per heavy atom. The normalized spacial score (nSPS) is 15.5. The fourth-order valence-corrected chi connectivity index (χ4v) is 3.03. The highest BCUT2D eigenvalue weighted by molar-refractivity contribution is 6.31. The molecular weight excluding hydrogens is 294 g/mol. The van der Waals surface area contributed by atoms with Crippen LogP contribution in [0, 0.1) is 11.3 Å². The van der Waals surface area contributed by atoms with Gasteiger partial charge in [-0.15, -0.1) is 0 Å². The van der Waals surface area contributed by atoms with Crippen LogP contribution in [0.4, 0.5) is 5.69 Å². The van der Waals surface area contributed by atoms with Crippen LogP contribution in [0.2, 0.25) is 5.02 Å². The maximum Gasteiger partial charge on any atom is 0.0992 e. The SMILES string of the molecule is N#Cc1ccc(CN2CCN(c3ccccc3)CC2)c(Cl)c1. The Morgan fingerprint density at radius 1 is 1.00 bits per heavy atom. The lowest BCUT2D eigenvalue weighted by molar-refractivity contribution is 0.250. The minimum atomic E-state index is 0.614. The third kappa shape index (κ3) is 3.41. The summed E-state index contributed by atoms with van der Waals surface area (Å²) in [6.45, 7) is 4.93. The summed E-state index contributed by atoms with van der Waals surface area (Å²) < 4.78 is 0. The van der Waals surface area contributed by atoms with Crippen LogP contribution in [0.25, 0.3) is 0 Å². The number of nitriles is 1. The van der Waals surface area contributed by atoms with Gasteiger partial charge in [0, 0.05) is 43.4 Å². The molecule has 1 aliphatic rings. The van der Waals surface area contributed by atoms with E-state index in [0.717, 1.165) is 38.3 Å². The van der Waals surface area contributed by atoms with E-state index in [1.807, 2.05) is 18.2 Å². The number of rotatable bonds is 3. The van der Waals surface area contributed by atoms with Crippen LogP contribution in [0.5, 0.6) is 0 Å². The molecule has 22 heavy (non-hydrogen) atoms. The summed E-state index contributed by atoms with van der Waals surface area (Å²) in [5.41, 5.74) is 3.00. The van der Waals surface area contributed by atoms with E-state index in [1.165, 1.54) is 5.69 Å². The highest BCUT2D eigenvalue weighted by Crippen LogP contribution is 2.21. The van der Waals surface area contributed by atoms with Gasteiger partial charge < -0.3 is 4.90 Å². The van der Waals surface area contributed by atoms with E-state index in [9.17, 15) is 0 Å². The van der Waals surface area contributed by atoms with Crippen molar-refractivity contribution in [3.8, 4) is 6.07 Å². The van der Waals surface area contributed by atoms with Crippen molar-refractivity contribution in [3.63, 3.8) is 0 Å². The molecule has 0 unspecified atom stereocenters. The largest absolute Gasteiger partial charge is 0.369 e. The molecule has 4 heteroatoms. The first kappa shape index (κ1) is 14.9. The van der Waals surface area contributed by atoms with Crippen molar-refractivity contribution in [1.29, 1.82) is 5.26 Å². The number of nitrogens with zero attached hydrogens (tertiary/aromatic N) is 3. The van der Waals surface area contributed by atoms with E-state index in [4.69, 9.17) is 16.9 Å². The molecule has 1 saturated heterocycles. The van der Waals surface area contributed by atoms with Gasteiger partial charge in [-0.25, -0.2) is 0 Å². The van der Waals surface area contributed by atoms with Gasteiger partial charge in [0.05, 0.1) is 11.6 Å². The Kier molecular flexibility index (Phi) is 4.62. The second-order valence-corrected chi connectivity index (χ2v) is 5.92. The fourth-order valence-electron chi connectivity index (χ4n) is 2.79. The smallest absolute Gasteiger partial charge is 0.0992 e. The third-order valence-electron chi connectivity index (χ3n) is 4.07. The highest BCUT2D eigenvalue weighted by atomic mass is 35.5. The summed E-state index contributed by atoms with van der Waals surface area (Å²) in [5, 5.41) is 9.57. The van der Waals surface area contributed by atoms with Gasteiger partial charge in [-0.3, -0.25) is 4.90 Å². The van der Waals surface area contributed by atoms with Crippen LogP contribution in [0.3, 0.4) is 0 Å². The lowest BCUT2D eigenvalue weighted by atomic mass is 10.1. The number of benzene rings is 2. The van der Waals surface area contributed by atoms with Gasteiger partial charge >= 0.3 is 0 Å². The predicted octanol–water partition coefficient (Wildman–Crippen LogP) is 3.53. The van der Waals surface area contributed by atoms with Crippen LogP contribution < -0.4 is 4.90 Å². The van der Waals surface area contributed by atoms with Gasteiger partial charge in [-0.05, 0) is 29.8 Å². The molecule has 0 spiro atoms. The molecule has 0 atom stereocenters. The average Bonchev–Trinajstić information content (AvgIpc) is 2.58. The van der Waals surface area contributed by atoms with Gasteiger partial charge in [0.2, 0.25) is 0 Å². The minimum absolute atomic E-state index is 0.614. The molecule has 0 aromatic heterocycles. The number of hydrogen-bond acceptors (Lipinski definition) is 3. The predicted molar refractivity (Wildman–Crippen MR) is 90.1 cm³/mol. The molecule has 0 radical (unpaired) electrons. The second-order valence-electron chi connectivity index (χ2n) is 5.52. The average molecular weight is 312 g/mol. The Morgan fingerprint density at radius 3 is 2.36 bits per heavy atom. The zero-order valence-electron chi connectivity index (χ0n) is 12.4. The summed E-state index contributed by atoms with van der Waals surface area (Å²) in [6.07, 6.45) is 0. The highest BCUT2D eigenvalue weighted by Gasteiger charge is 2.17.